The predicted octanol–water partition coefficient (Wildman–Crippen LogP) is 1.48. The Balaban J connectivity index is 2.04. The van der Waals surface area contributed by atoms with E-state index in [9.17, 15) is 21.6 Å². The average Bonchev–Trinajstić information content (AvgIpc) is 3.01. The van der Waals surface area contributed by atoms with Gasteiger partial charge in [0, 0.05) is 13.1 Å². The Labute approximate surface area is 152 Å². The molecule has 0 unspecified atom stereocenters. The van der Waals surface area contributed by atoms with Crippen molar-refractivity contribution in [2.75, 3.05) is 24.7 Å². The molecule has 0 aliphatic carbocycles. The van der Waals surface area contributed by atoms with Gasteiger partial charge in [0.25, 0.3) is 0 Å². The van der Waals surface area contributed by atoms with Gasteiger partial charge in [0.1, 0.15) is 0 Å². The number of aromatic nitrogens is 2. The number of amidine groups is 1. The summed E-state index contributed by atoms with van der Waals surface area (Å²) in [6, 6.07) is 4.35. The average molecular weight is 406 g/mol. The van der Waals surface area contributed by atoms with E-state index in [0.717, 1.165) is 18.4 Å². The smallest absolute Gasteiger partial charge is 0.382 e. The first-order valence-electron chi connectivity index (χ1n) is 7.59. The molecule has 13 heteroatoms. The van der Waals surface area contributed by atoms with Crippen molar-refractivity contribution in [3.05, 3.63) is 35.5 Å². The molecule has 1 aromatic carbocycles. The van der Waals surface area contributed by atoms with Gasteiger partial charge in [-0.15, -0.1) is 0 Å². The third-order valence-corrected chi connectivity index (χ3v) is 3.89. The molecule has 4 N–H and O–H groups in total. The molecule has 1 aromatic heterocycles. The van der Waals surface area contributed by atoms with Crippen LogP contribution in [0.25, 0.3) is 0 Å². The molecular weight excluding hydrogens is 389 g/mol. The Hall–Kier alpha value is -2.67. The maximum Gasteiger partial charge on any atom is 0.416 e. The predicted molar refractivity (Wildman–Crippen MR) is 92.1 cm³/mol. The van der Waals surface area contributed by atoms with Crippen LogP contribution in [0.2, 0.25) is 0 Å². The summed E-state index contributed by atoms with van der Waals surface area (Å²) in [5, 5.41) is 10.0. The molecule has 0 aliphatic rings. The van der Waals surface area contributed by atoms with E-state index in [-0.39, 0.29) is 29.6 Å². The number of halogens is 3. The van der Waals surface area contributed by atoms with Gasteiger partial charge in [-0.25, -0.2) is 22.8 Å². The molecule has 9 nitrogen and oxygen atoms in total. The molecule has 27 heavy (non-hydrogen) atoms. The van der Waals surface area contributed by atoms with E-state index in [2.05, 4.69) is 30.0 Å². The number of rotatable bonds is 8. The second-order valence-corrected chi connectivity index (χ2v) is 7.29. The van der Waals surface area contributed by atoms with Crippen LogP contribution in [0.3, 0.4) is 0 Å². The zero-order chi connectivity index (χ0) is 20.1. The van der Waals surface area contributed by atoms with Crippen LogP contribution in [0.1, 0.15) is 17.7 Å². The third kappa shape index (κ3) is 6.53. The van der Waals surface area contributed by atoms with E-state index in [1.54, 1.807) is 0 Å². The molecule has 0 saturated carbocycles. The Bertz CT molecular complexity index is 911. The largest absolute Gasteiger partial charge is 0.416 e. The summed E-state index contributed by atoms with van der Waals surface area (Å²) < 4.78 is 67.1. The van der Waals surface area contributed by atoms with Gasteiger partial charge in [-0.1, -0.05) is 6.07 Å². The lowest BCUT2D eigenvalue weighted by atomic mass is 10.2. The summed E-state index contributed by atoms with van der Waals surface area (Å²) in [5.74, 6) is -0.0464. The molecule has 2 rings (SSSR count). The van der Waals surface area contributed by atoms with E-state index < -0.39 is 21.8 Å². The number of benzene rings is 1. The summed E-state index contributed by atoms with van der Waals surface area (Å²) in [6.45, 7) is 0.529. The highest BCUT2D eigenvalue weighted by Crippen LogP contribution is 2.31. The SMILES string of the molecule is CS(=O)(=O)NCCCNc1nonc1C(N)=Nc1cccc(C(F)(F)F)c1. The highest BCUT2D eigenvalue weighted by molar-refractivity contribution is 7.88. The first-order valence-corrected chi connectivity index (χ1v) is 9.48. The topological polar surface area (TPSA) is 136 Å². The Morgan fingerprint density at radius 1 is 1.30 bits per heavy atom. The van der Waals surface area contributed by atoms with Crippen molar-refractivity contribution in [3.63, 3.8) is 0 Å². The van der Waals surface area contributed by atoms with Gasteiger partial charge in [0.05, 0.1) is 17.5 Å². The molecule has 0 amide bonds. The van der Waals surface area contributed by atoms with Crippen LogP contribution < -0.4 is 15.8 Å². The molecule has 0 fully saturated rings. The number of alkyl halides is 3. The standard InChI is InChI=1S/C14H17F3N6O3S/c1-27(24,25)20-7-3-6-19-13-11(22-26-23-13)12(18)21-10-5-2-4-9(8-10)14(15,16)17/h2,4-5,8,20H,3,6-7H2,1H3,(H2,18,21)(H,19,23). The first-order chi connectivity index (χ1) is 12.6. The highest BCUT2D eigenvalue weighted by Gasteiger charge is 2.30. The number of hydrogen-bond donors (Lipinski definition) is 3. The zero-order valence-corrected chi connectivity index (χ0v) is 14.9. The Kier molecular flexibility index (Phi) is 6.38. The molecule has 0 radical (unpaired) electrons. The maximum absolute atomic E-state index is 12.7. The third-order valence-electron chi connectivity index (χ3n) is 3.16. The number of aliphatic imine (C=N–C) groups is 1. The lowest BCUT2D eigenvalue weighted by Gasteiger charge is -2.07. The van der Waals surface area contributed by atoms with E-state index in [0.29, 0.717) is 13.0 Å². The van der Waals surface area contributed by atoms with Gasteiger partial charge in [0.15, 0.2) is 11.5 Å². The lowest BCUT2D eigenvalue weighted by Crippen LogP contribution is -2.24. The number of anilines is 1. The Morgan fingerprint density at radius 2 is 2.04 bits per heavy atom. The van der Waals surface area contributed by atoms with Crippen molar-refractivity contribution in [1.82, 2.24) is 15.0 Å². The number of nitrogens with zero attached hydrogens (tertiary/aromatic N) is 3. The lowest BCUT2D eigenvalue weighted by molar-refractivity contribution is -0.137. The van der Waals surface area contributed by atoms with Gasteiger partial charge in [-0.2, -0.15) is 13.2 Å². The number of sulfonamides is 1. The summed E-state index contributed by atoms with van der Waals surface area (Å²) >= 11 is 0. The van der Waals surface area contributed by atoms with Crippen LogP contribution >= 0.6 is 0 Å². The molecule has 0 atom stereocenters. The molecule has 1 heterocycles. The zero-order valence-electron chi connectivity index (χ0n) is 14.1. The summed E-state index contributed by atoms with van der Waals surface area (Å²) in [6.07, 6.45) is -3.02. The van der Waals surface area contributed by atoms with Gasteiger partial charge in [-0.3, -0.25) is 0 Å². The quantitative estimate of drug-likeness (QED) is 0.343. The van der Waals surface area contributed by atoms with Gasteiger partial charge < -0.3 is 11.1 Å². The minimum absolute atomic E-state index is 0.00590. The van der Waals surface area contributed by atoms with Crippen LogP contribution in [-0.2, 0) is 16.2 Å². The van der Waals surface area contributed by atoms with E-state index in [4.69, 9.17) is 5.73 Å². The van der Waals surface area contributed by atoms with E-state index >= 15 is 0 Å². The first kappa shape index (κ1) is 20.6. The van der Waals surface area contributed by atoms with Crippen molar-refractivity contribution < 1.29 is 26.2 Å². The van der Waals surface area contributed by atoms with Gasteiger partial charge >= 0.3 is 6.18 Å². The second-order valence-electron chi connectivity index (χ2n) is 5.45. The second kappa shape index (κ2) is 8.35. The molecule has 0 spiro atoms. The molecule has 0 aliphatic heterocycles. The van der Waals surface area contributed by atoms with E-state index in [1.807, 2.05) is 0 Å². The minimum atomic E-state index is -4.50. The van der Waals surface area contributed by atoms with E-state index in [1.165, 1.54) is 12.1 Å². The molecule has 148 valence electrons. The van der Waals surface area contributed by atoms with Crippen LogP contribution in [0.15, 0.2) is 33.9 Å². The van der Waals surface area contributed by atoms with Crippen LogP contribution in [0.4, 0.5) is 24.7 Å². The fourth-order valence-corrected chi connectivity index (χ4v) is 2.48. The van der Waals surface area contributed by atoms with Crippen LogP contribution in [0, 0.1) is 0 Å². The number of nitrogens with one attached hydrogen (secondary N) is 2. The monoisotopic (exact) mass is 406 g/mol. The maximum atomic E-state index is 12.7. The molecule has 0 bridgehead atoms. The molecular formula is C14H17F3N6O3S. The van der Waals surface area contributed by atoms with Crippen molar-refractivity contribution in [2.45, 2.75) is 12.6 Å². The summed E-state index contributed by atoms with van der Waals surface area (Å²) in [5.41, 5.74) is 4.96. The highest BCUT2D eigenvalue weighted by atomic mass is 32.2. The number of hydrogen-bond acceptors (Lipinski definition) is 7. The van der Waals surface area contributed by atoms with Crippen LogP contribution in [0.5, 0.6) is 0 Å². The molecule has 2 aromatic rings. The van der Waals surface area contributed by atoms with Crippen molar-refractivity contribution in [1.29, 1.82) is 0 Å². The van der Waals surface area contributed by atoms with Crippen molar-refractivity contribution in [2.24, 2.45) is 10.7 Å². The van der Waals surface area contributed by atoms with Gasteiger partial charge in [-0.05, 0) is 34.9 Å². The molecule has 0 saturated heterocycles. The normalized spacial score (nSPS) is 13.0. The Morgan fingerprint density at radius 3 is 2.70 bits per heavy atom. The number of nitrogens with two attached hydrogens (primary N) is 1. The van der Waals surface area contributed by atoms with Crippen LogP contribution in [-0.4, -0.2) is 43.9 Å². The van der Waals surface area contributed by atoms with Crippen molar-refractivity contribution in [3.8, 4) is 0 Å². The summed E-state index contributed by atoms with van der Waals surface area (Å²) in [7, 11) is -3.27. The van der Waals surface area contributed by atoms with Gasteiger partial charge in [0.2, 0.25) is 15.8 Å². The summed E-state index contributed by atoms with van der Waals surface area (Å²) in [4.78, 5) is 3.91. The fourth-order valence-electron chi connectivity index (χ4n) is 1.97. The minimum Gasteiger partial charge on any atom is -0.382 e. The van der Waals surface area contributed by atoms with Crippen molar-refractivity contribution >= 4 is 27.4 Å². The fraction of sp³-hybridized carbons (Fsp3) is 0.357.